The second-order valence-electron chi connectivity index (χ2n) is 26.0. The van der Waals surface area contributed by atoms with Gasteiger partial charge in [0.2, 0.25) is 0 Å². The summed E-state index contributed by atoms with van der Waals surface area (Å²) in [6.45, 7) is 9.36. The highest BCUT2D eigenvalue weighted by atomic mass is 16.6. The summed E-state index contributed by atoms with van der Waals surface area (Å²) in [4.78, 5) is 15.5. The fourth-order valence-electron chi connectivity index (χ4n) is 24.5. The number of ether oxygens (including phenoxy) is 1. The van der Waals surface area contributed by atoms with E-state index in [4.69, 9.17) is 4.74 Å². The van der Waals surface area contributed by atoms with Gasteiger partial charge in [-0.2, -0.15) is 0 Å². The number of hydrogen-bond acceptors (Lipinski definition) is 2. The maximum Gasteiger partial charge on any atom is 0.309 e. The van der Waals surface area contributed by atoms with Crippen molar-refractivity contribution >= 4 is 286 Å². The maximum atomic E-state index is 15.5. The van der Waals surface area contributed by atoms with Crippen LogP contribution < -0.4 is 0 Å². The third-order valence-corrected chi connectivity index (χ3v) is 24.8. The molecule has 0 saturated carbocycles. The van der Waals surface area contributed by atoms with Crippen molar-refractivity contribution < 1.29 is 9.53 Å². The van der Waals surface area contributed by atoms with Crippen molar-refractivity contribution in [3.63, 3.8) is 0 Å². The second kappa shape index (κ2) is 5.89. The topological polar surface area (TPSA) is 26.3 Å². The Labute approximate surface area is 377 Å². The van der Waals surface area contributed by atoms with Crippen LogP contribution in [0, 0.1) is 11.8 Å². The van der Waals surface area contributed by atoms with Crippen LogP contribution in [0.25, 0.3) is 280 Å². The number of esters is 1. The summed E-state index contributed by atoms with van der Waals surface area (Å²) in [5.74, 6) is -0.0611. The highest BCUT2D eigenvalue weighted by Gasteiger charge is 2.68. The minimum absolute atomic E-state index is 0.0615. The summed E-state index contributed by atoms with van der Waals surface area (Å²) in [6.07, 6.45) is 0. The normalized spacial score (nSPS) is 22.1. The Hall–Kier alpha value is -8.07. The Morgan fingerprint density at radius 3 is 0.696 bits per heavy atom. The molecule has 2 heteroatoms. The number of benzene rings is 17. The third kappa shape index (κ3) is 1.40. The van der Waals surface area contributed by atoms with Gasteiger partial charge >= 0.3 is 5.97 Å². The molecule has 27 aromatic rings. The maximum absolute atomic E-state index is 15.5. The fourth-order valence-corrected chi connectivity index (χ4v) is 24.5. The molecule has 27 aromatic carbocycles. The van der Waals surface area contributed by atoms with Gasteiger partial charge in [0.05, 0.1) is 11.3 Å². The predicted octanol–water partition coefficient (Wildman–Crippen LogP) is 17.8. The molecule has 0 heterocycles. The average Bonchev–Trinajstić information content (AvgIpc) is 4.22. The van der Waals surface area contributed by atoms with E-state index >= 15 is 4.79 Å². The quantitative estimate of drug-likeness (QED) is 0.131. The van der Waals surface area contributed by atoms with Crippen LogP contribution in [0.2, 0.25) is 0 Å². The van der Waals surface area contributed by atoms with E-state index < -0.39 is 11.0 Å². The Kier molecular flexibility index (Phi) is 2.26. The zero-order chi connectivity index (χ0) is 41.9. The van der Waals surface area contributed by atoms with Gasteiger partial charge in [0.25, 0.3) is 0 Å². The first kappa shape index (κ1) is 26.5. The average molecular weight is 851 g/mol. The van der Waals surface area contributed by atoms with Gasteiger partial charge in [-0.25, -0.2) is 0 Å². The zero-order valence-electron chi connectivity index (χ0n) is 36.5. The Morgan fingerprint density at radius 1 is 0.246 bits per heavy atom. The molecule has 69 heavy (non-hydrogen) atoms. The van der Waals surface area contributed by atoms with Crippen molar-refractivity contribution in [2.75, 3.05) is 0 Å². The van der Waals surface area contributed by atoms with Crippen LogP contribution in [-0.2, 0) is 20.5 Å². The Balaban J connectivity index is 1.23. The lowest BCUT2D eigenvalue weighted by molar-refractivity contribution is -0.157. The largest absolute Gasteiger partial charge is 0.444 e. The molecule has 0 radical (unpaired) electrons. The van der Waals surface area contributed by atoms with Crippen LogP contribution in [0.15, 0.2) is 0 Å². The van der Waals surface area contributed by atoms with Gasteiger partial charge in [-0.3, -0.25) is 4.79 Å². The van der Waals surface area contributed by atoms with Crippen LogP contribution in [0.5, 0.6) is 0 Å². The summed E-state index contributed by atoms with van der Waals surface area (Å²) < 4.78 is 8.00. The standard InChI is InChI=1S/C67H14O2/c1-5(2)65(68)69-67-60-52-43-36-23-16-10-9-11-7-8-12(10)21(23)27-25-14(8)17-13(7)24-26-20(11)22-15(9)18-19(16)30-37-29(18)38-35(22)42-40(26)44-31(24)33-28(17)34-32(25)45(41(27)43)56(60)58-47(34)46(33)57-55(44)59-51(42)48(38)53-50(37)54(49(52)39(30)36)63(67)61(53)66(59,6(3)4)62(57)64(58)67/h5-6H,1-4H3. The van der Waals surface area contributed by atoms with Crippen LogP contribution in [0.4, 0.5) is 0 Å². The lowest BCUT2D eigenvalue weighted by Crippen LogP contribution is -2.47. The molecule has 0 spiro atoms. The van der Waals surface area contributed by atoms with Gasteiger partial charge in [0.1, 0.15) is 0 Å². The molecule has 0 aromatic heterocycles. The molecule has 0 N–H and O–H groups in total. The molecule has 294 valence electrons. The first-order chi connectivity index (χ1) is 34.0. The molecule has 0 bridgehead atoms. The highest BCUT2D eigenvalue weighted by Crippen LogP contribution is 2.84. The van der Waals surface area contributed by atoms with Gasteiger partial charge < -0.3 is 4.74 Å². The fraction of sp³-hybridized carbons (Fsp3) is 0.119. The first-order valence-electron chi connectivity index (χ1n) is 26.0. The molecule has 2 nitrogen and oxygen atoms in total. The van der Waals surface area contributed by atoms with Gasteiger partial charge in [-0.1, -0.05) is 27.7 Å². The van der Waals surface area contributed by atoms with Gasteiger partial charge in [0.15, 0.2) is 5.60 Å². The van der Waals surface area contributed by atoms with Crippen LogP contribution in [-0.4, -0.2) is 5.97 Å². The molecule has 0 aliphatic heterocycles. The number of rotatable bonds is 3. The molecule has 5 aliphatic carbocycles. The van der Waals surface area contributed by atoms with E-state index in [2.05, 4.69) is 27.7 Å². The van der Waals surface area contributed by atoms with Crippen molar-refractivity contribution in [1.82, 2.24) is 0 Å². The van der Waals surface area contributed by atoms with Crippen molar-refractivity contribution in [2.45, 2.75) is 38.7 Å². The van der Waals surface area contributed by atoms with Crippen molar-refractivity contribution in [2.24, 2.45) is 11.8 Å². The van der Waals surface area contributed by atoms with E-state index in [1.54, 1.807) is 248 Å². The smallest absolute Gasteiger partial charge is 0.309 e. The summed E-state index contributed by atoms with van der Waals surface area (Å²) in [6, 6.07) is 0. The summed E-state index contributed by atoms with van der Waals surface area (Å²) in [7, 11) is 0. The predicted molar refractivity (Wildman–Crippen MR) is 288 cm³/mol. The third-order valence-electron chi connectivity index (χ3n) is 24.8. The van der Waals surface area contributed by atoms with E-state index in [1.165, 1.54) is 65.2 Å². The summed E-state index contributed by atoms with van der Waals surface area (Å²) in [5, 5.41) is 81.8. The van der Waals surface area contributed by atoms with Crippen LogP contribution in [0.3, 0.4) is 0 Å². The minimum Gasteiger partial charge on any atom is -0.444 e. The van der Waals surface area contributed by atoms with Crippen molar-refractivity contribution in [3.05, 3.63) is 33.4 Å². The van der Waals surface area contributed by atoms with Gasteiger partial charge in [0, 0.05) is 22.1 Å². The van der Waals surface area contributed by atoms with Crippen molar-refractivity contribution in [1.29, 1.82) is 0 Å². The molecule has 2 atom stereocenters. The molecular weight excluding hydrogens is 837 g/mol. The van der Waals surface area contributed by atoms with Crippen molar-refractivity contribution in [3.8, 4) is 0 Å². The first-order valence-corrected chi connectivity index (χ1v) is 26.0. The molecule has 5 aliphatic rings. The summed E-state index contributed by atoms with van der Waals surface area (Å²) in [5.41, 5.74) is 7.44. The van der Waals surface area contributed by atoms with Crippen LogP contribution in [0.1, 0.15) is 61.1 Å². The monoisotopic (exact) mass is 850 g/mol. The van der Waals surface area contributed by atoms with E-state index in [0.717, 1.165) is 0 Å². The van der Waals surface area contributed by atoms with E-state index in [0.29, 0.717) is 0 Å². The van der Waals surface area contributed by atoms with Gasteiger partial charge in [-0.05, 0) is 297 Å². The number of hydrogen-bond donors (Lipinski definition) is 0. The van der Waals surface area contributed by atoms with E-state index in [-0.39, 0.29) is 17.8 Å². The lowest BCUT2D eigenvalue weighted by Gasteiger charge is -2.50. The lowest BCUT2D eigenvalue weighted by atomic mass is 9.54. The SMILES string of the molecule is CC(C)C(=O)OC12c3c4c5c6c7c8c9c%10c(c1c1c%11c2c2c%12c3c5c3c5c%12c%12c2c2c%11c%11c%13c1c%10c1c%10c9c9c7c7c6c3c3c5c5c%12c6c2c%11c2c(c%131)c1c%10c9c9c7c3c3c9c1c2c6c53)C48C(C)C. The molecule has 0 fully saturated rings. The Bertz CT molecular complexity index is 7220. The Morgan fingerprint density at radius 2 is 0.420 bits per heavy atom. The molecule has 0 saturated heterocycles. The highest BCUT2D eigenvalue weighted by molar-refractivity contribution is 6.81. The molecule has 2 unspecified atom stereocenters. The molecule has 0 amide bonds. The van der Waals surface area contributed by atoms with Gasteiger partial charge in [-0.15, -0.1) is 0 Å². The van der Waals surface area contributed by atoms with E-state index in [1.807, 2.05) is 0 Å². The number of carbonyl (C=O) groups excluding carboxylic acids is 1. The number of carbonyl (C=O) groups is 1. The van der Waals surface area contributed by atoms with E-state index in [9.17, 15) is 0 Å². The molecular formula is C67H14O2. The summed E-state index contributed by atoms with van der Waals surface area (Å²) >= 11 is 0. The molecule has 32 rings (SSSR count). The minimum atomic E-state index is -1.04. The van der Waals surface area contributed by atoms with Crippen LogP contribution >= 0.6 is 0 Å². The second-order valence-corrected chi connectivity index (χ2v) is 26.0. The zero-order valence-corrected chi connectivity index (χ0v) is 36.5.